The number of imide groups is 1. The van der Waals surface area contributed by atoms with Crippen LogP contribution in [0, 0.1) is 16.0 Å². The summed E-state index contributed by atoms with van der Waals surface area (Å²) in [5.74, 6) is 0.0135. The quantitative estimate of drug-likeness (QED) is 0.476. The molecule has 0 aliphatic carbocycles. The molecule has 2 amide bonds. The monoisotopic (exact) mass is 343 g/mol. The molecule has 1 aromatic carbocycles. The predicted molar refractivity (Wildman–Crippen MR) is 92.4 cm³/mol. The molecule has 1 aromatic rings. The zero-order valence-electron chi connectivity index (χ0n) is 14.4. The molecule has 2 heterocycles. The zero-order chi connectivity index (χ0) is 18.1. The maximum atomic E-state index is 12.8. The van der Waals surface area contributed by atoms with Gasteiger partial charge in [0.15, 0.2) is 0 Å². The van der Waals surface area contributed by atoms with Gasteiger partial charge in [-0.15, -0.1) is 0 Å². The molecule has 1 fully saturated rings. The van der Waals surface area contributed by atoms with Gasteiger partial charge in [0.2, 0.25) is 0 Å². The molecule has 1 saturated heterocycles. The maximum Gasteiger partial charge on any atom is 0.277 e. The molecule has 132 valence electrons. The molecule has 7 heteroatoms. The van der Waals surface area contributed by atoms with Crippen LogP contribution < -0.4 is 0 Å². The standard InChI is InChI=1S/C18H21N3O4/c1-3-20-17(22)15(13-4-6-14(7-5-13)21(24)25)16(18(20)23)19-10-8-12(2)9-11-19/h4-7,12H,3,8-11H2,1-2H3. The number of carbonyl (C=O) groups excluding carboxylic acids is 2. The fraction of sp³-hybridized carbons (Fsp3) is 0.444. The number of hydrogen-bond donors (Lipinski definition) is 0. The van der Waals surface area contributed by atoms with Gasteiger partial charge in [-0.2, -0.15) is 0 Å². The highest BCUT2D eigenvalue weighted by atomic mass is 16.6. The van der Waals surface area contributed by atoms with Gasteiger partial charge in [-0.1, -0.05) is 6.92 Å². The van der Waals surface area contributed by atoms with Crippen LogP contribution in [0.1, 0.15) is 32.3 Å². The van der Waals surface area contributed by atoms with Gasteiger partial charge in [-0.05, 0) is 43.4 Å². The Morgan fingerprint density at radius 2 is 1.72 bits per heavy atom. The highest BCUT2D eigenvalue weighted by Gasteiger charge is 2.41. The maximum absolute atomic E-state index is 12.8. The van der Waals surface area contributed by atoms with E-state index in [0.717, 1.165) is 25.9 Å². The molecule has 2 aliphatic heterocycles. The summed E-state index contributed by atoms with van der Waals surface area (Å²) in [5.41, 5.74) is 1.30. The highest BCUT2D eigenvalue weighted by Crippen LogP contribution is 2.34. The largest absolute Gasteiger partial charge is 0.366 e. The predicted octanol–water partition coefficient (Wildman–Crippen LogP) is 2.43. The first-order valence-electron chi connectivity index (χ1n) is 8.54. The first-order chi connectivity index (χ1) is 11.9. The molecule has 0 atom stereocenters. The summed E-state index contributed by atoms with van der Waals surface area (Å²) in [5, 5.41) is 10.8. The smallest absolute Gasteiger partial charge is 0.277 e. The summed E-state index contributed by atoms with van der Waals surface area (Å²) in [7, 11) is 0. The number of hydrogen-bond acceptors (Lipinski definition) is 5. The van der Waals surface area contributed by atoms with E-state index in [1.807, 2.05) is 4.90 Å². The van der Waals surface area contributed by atoms with Crippen LogP contribution in [0.15, 0.2) is 30.0 Å². The number of piperidine rings is 1. The van der Waals surface area contributed by atoms with Crippen LogP contribution in [0.2, 0.25) is 0 Å². The third-order valence-corrected chi connectivity index (χ3v) is 4.93. The van der Waals surface area contributed by atoms with Gasteiger partial charge in [0.25, 0.3) is 17.5 Å². The molecule has 0 aromatic heterocycles. The Bertz CT molecular complexity index is 746. The second-order valence-corrected chi connectivity index (χ2v) is 6.55. The van der Waals surface area contributed by atoms with E-state index in [0.29, 0.717) is 29.3 Å². The minimum Gasteiger partial charge on any atom is -0.366 e. The van der Waals surface area contributed by atoms with Crippen molar-refractivity contribution in [2.24, 2.45) is 5.92 Å². The van der Waals surface area contributed by atoms with Crippen molar-refractivity contribution in [2.45, 2.75) is 26.7 Å². The van der Waals surface area contributed by atoms with Crippen LogP contribution in [0.5, 0.6) is 0 Å². The van der Waals surface area contributed by atoms with E-state index in [2.05, 4.69) is 6.92 Å². The number of nitrogens with zero attached hydrogens (tertiary/aromatic N) is 3. The lowest BCUT2D eigenvalue weighted by molar-refractivity contribution is -0.384. The van der Waals surface area contributed by atoms with Crippen molar-refractivity contribution in [3.63, 3.8) is 0 Å². The Morgan fingerprint density at radius 1 is 1.12 bits per heavy atom. The van der Waals surface area contributed by atoms with Crippen molar-refractivity contribution in [3.05, 3.63) is 45.6 Å². The molecule has 0 spiro atoms. The third-order valence-electron chi connectivity index (χ3n) is 4.93. The fourth-order valence-corrected chi connectivity index (χ4v) is 3.39. The SMILES string of the molecule is CCN1C(=O)C(c2ccc([N+](=O)[O-])cc2)=C(N2CCC(C)CC2)C1=O. The molecule has 0 saturated carbocycles. The van der Waals surface area contributed by atoms with Crippen LogP contribution in [-0.4, -0.2) is 46.2 Å². The lowest BCUT2D eigenvalue weighted by Crippen LogP contribution is -2.38. The van der Waals surface area contributed by atoms with Crippen molar-refractivity contribution in [1.29, 1.82) is 0 Å². The number of non-ortho nitro benzene ring substituents is 1. The van der Waals surface area contributed by atoms with Crippen molar-refractivity contribution < 1.29 is 14.5 Å². The van der Waals surface area contributed by atoms with E-state index in [9.17, 15) is 19.7 Å². The number of benzene rings is 1. The molecule has 0 bridgehead atoms. The van der Waals surface area contributed by atoms with Crippen LogP contribution in [0.3, 0.4) is 0 Å². The lowest BCUT2D eigenvalue weighted by atomic mass is 9.97. The molecule has 25 heavy (non-hydrogen) atoms. The topological polar surface area (TPSA) is 83.8 Å². The van der Waals surface area contributed by atoms with Gasteiger partial charge in [-0.25, -0.2) is 0 Å². The fourth-order valence-electron chi connectivity index (χ4n) is 3.39. The van der Waals surface area contributed by atoms with Gasteiger partial charge in [0.1, 0.15) is 5.70 Å². The molecular formula is C18H21N3O4. The van der Waals surface area contributed by atoms with Gasteiger partial charge < -0.3 is 4.90 Å². The van der Waals surface area contributed by atoms with Gasteiger partial charge in [-0.3, -0.25) is 24.6 Å². The van der Waals surface area contributed by atoms with Crippen LogP contribution in [-0.2, 0) is 9.59 Å². The van der Waals surface area contributed by atoms with Gasteiger partial charge >= 0.3 is 0 Å². The first kappa shape index (κ1) is 17.1. The minimum atomic E-state index is -0.481. The molecule has 7 nitrogen and oxygen atoms in total. The second-order valence-electron chi connectivity index (χ2n) is 6.55. The minimum absolute atomic E-state index is 0.0400. The lowest BCUT2D eigenvalue weighted by Gasteiger charge is -2.32. The highest BCUT2D eigenvalue weighted by molar-refractivity contribution is 6.35. The molecule has 0 N–H and O–H groups in total. The van der Waals surface area contributed by atoms with Crippen molar-refractivity contribution in [3.8, 4) is 0 Å². The molecule has 3 rings (SSSR count). The van der Waals surface area contributed by atoms with E-state index in [1.165, 1.54) is 17.0 Å². The van der Waals surface area contributed by atoms with E-state index < -0.39 is 4.92 Å². The number of amides is 2. The summed E-state index contributed by atoms with van der Waals surface area (Å²) in [6.45, 7) is 5.74. The van der Waals surface area contributed by atoms with Crippen molar-refractivity contribution in [1.82, 2.24) is 9.80 Å². The Kier molecular flexibility index (Phi) is 4.57. The Morgan fingerprint density at radius 3 is 2.24 bits per heavy atom. The Hall–Kier alpha value is -2.70. The number of likely N-dealkylation sites (N-methyl/N-ethyl adjacent to an activating group) is 1. The normalized spacial score (nSPS) is 19.1. The van der Waals surface area contributed by atoms with Crippen LogP contribution >= 0.6 is 0 Å². The number of carbonyl (C=O) groups is 2. The molecule has 2 aliphatic rings. The Labute approximate surface area is 146 Å². The molecule has 0 unspecified atom stereocenters. The van der Waals surface area contributed by atoms with E-state index in [1.54, 1.807) is 19.1 Å². The van der Waals surface area contributed by atoms with E-state index >= 15 is 0 Å². The average molecular weight is 343 g/mol. The Balaban J connectivity index is 2.04. The van der Waals surface area contributed by atoms with Gasteiger partial charge in [0.05, 0.1) is 10.5 Å². The van der Waals surface area contributed by atoms with E-state index in [4.69, 9.17) is 0 Å². The van der Waals surface area contributed by atoms with E-state index in [-0.39, 0.29) is 17.5 Å². The summed E-state index contributed by atoms with van der Waals surface area (Å²) >= 11 is 0. The summed E-state index contributed by atoms with van der Waals surface area (Å²) in [6.07, 6.45) is 1.95. The van der Waals surface area contributed by atoms with Gasteiger partial charge in [0, 0.05) is 31.8 Å². The van der Waals surface area contributed by atoms with Crippen molar-refractivity contribution >= 4 is 23.1 Å². The number of likely N-dealkylation sites (tertiary alicyclic amines) is 1. The average Bonchev–Trinajstić information content (AvgIpc) is 2.86. The summed E-state index contributed by atoms with van der Waals surface area (Å²) in [4.78, 5) is 39.2. The van der Waals surface area contributed by atoms with Crippen LogP contribution in [0.25, 0.3) is 5.57 Å². The molecule has 0 radical (unpaired) electrons. The summed E-state index contributed by atoms with van der Waals surface area (Å²) < 4.78 is 0. The van der Waals surface area contributed by atoms with Crippen molar-refractivity contribution in [2.75, 3.05) is 19.6 Å². The molecular weight excluding hydrogens is 322 g/mol. The summed E-state index contributed by atoms with van der Waals surface area (Å²) in [6, 6.07) is 5.82. The number of nitro benzene ring substituents is 1. The number of rotatable bonds is 4. The zero-order valence-corrected chi connectivity index (χ0v) is 14.4. The first-order valence-corrected chi connectivity index (χ1v) is 8.54. The van der Waals surface area contributed by atoms with Crippen LogP contribution in [0.4, 0.5) is 5.69 Å². The number of nitro groups is 1. The second kappa shape index (κ2) is 6.66. The third kappa shape index (κ3) is 3.01.